The van der Waals surface area contributed by atoms with E-state index in [9.17, 15) is 4.79 Å². The first-order valence-electron chi connectivity index (χ1n) is 8.59. The Hall–Kier alpha value is -2.95. The number of rotatable bonds is 3. The van der Waals surface area contributed by atoms with Gasteiger partial charge in [0.15, 0.2) is 0 Å². The lowest BCUT2D eigenvalue weighted by atomic mass is 10.0. The van der Waals surface area contributed by atoms with E-state index in [2.05, 4.69) is 40.6 Å². The Balaban J connectivity index is 1.68. The van der Waals surface area contributed by atoms with Crippen molar-refractivity contribution < 1.29 is 4.79 Å². The SMILES string of the molecule is CCn1nnc(C)c1C(=O)N1CCc2cc(-c3ccccc3)ccc21. The minimum absolute atomic E-state index is 0.0180. The maximum atomic E-state index is 13.1. The number of anilines is 1. The van der Waals surface area contributed by atoms with Gasteiger partial charge >= 0.3 is 0 Å². The molecule has 0 fully saturated rings. The number of hydrogen-bond donors (Lipinski definition) is 0. The van der Waals surface area contributed by atoms with Crippen molar-refractivity contribution >= 4 is 11.6 Å². The van der Waals surface area contributed by atoms with Gasteiger partial charge in [0.1, 0.15) is 5.69 Å². The van der Waals surface area contributed by atoms with Gasteiger partial charge in [-0.25, -0.2) is 4.68 Å². The summed E-state index contributed by atoms with van der Waals surface area (Å²) in [7, 11) is 0. The van der Waals surface area contributed by atoms with Crippen molar-refractivity contribution in [3.8, 4) is 11.1 Å². The molecule has 4 rings (SSSR count). The molecule has 3 aromatic rings. The molecule has 2 heterocycles. The maximum Gasteiger partial charge on any atom is 0.278 e. The molecule has 1 aliphatic heterocycles. The van der Waals surface area contributed by atoms with Crippen molar-refractivity contribution in [2.45, 2.75) is 26.8 Å². The second-order valence-electron chi connectivity index (χ2n) is 6.26. The summed E-state index contributed by atoms with van der Waals surface area (Å²) >= 11 is 0. The number of carbonyl (C=O) groups is 1. The Bertz CT molecular complexity index is 930. The van der Waals surface area contributed by atoms with Crippen LogP contribution in [0.15, 0.2) is 48.5 Å². The lowest BCUT2D eigenvalue weighted by Crippen LogP contribution is -2.31. The molecule has 0 saturated carbocycles. The molecule has 0 spiro atoms. The van der Waals surface area contributed by atoms with E-state index in [0.717, 1.165) is 12.1 Å². The molecule has 0 aliphatic carbocycles. The number of aromatic nitrogens is 3. The zero-order valence-electron chi connectivity index (χ0n) is 14.4. The molecule has 0 bridgehead atoms. The minimum atomic E-state index is -0.0180. The molecule has 0 saturated heterocycles. The van der Waals surface area contributed by atoms with Crippen molar-refractivity contribution in [1.82, 2.24) is 15.0 Å². The molecule has 25 heavy (non-hydrogen) atoms. The molecular weight excluding hydrogens is 312 g/mol. The third kappa shape index (κ3) is 2.61. The van der Waals surface area contributed by atoms with Crippen molar-refractivity contribution in [1.29, 1.82) is 0 Å². The van der Waals surface area contributed by atoms with Crippen LogP contribution in [0.1, 0.15) is 28.7 Å². The Morgan fingerprint density at radius 1 is 1.12 bits per heavy atom. The van der Waals surface area contributed by atoms with Gasteiger partial charge in [-0.2, -0.15) is 0 Å². The second kappa shape index (κ2) is 6.16. The first-order chi connectivity index (χ1) is 12.2. The third-order valence-electron chi connectivity index (χ3n) is 4.73. The predicted octanol–water partition coefficient (Wildman–Crippen LogP) is 3.48. The number of carbonyl (C=O) groups excluding carboxylic acids is 1. The van der Waals surface area contributed by atoms with Crippen LogP contribution in [0.5, 0.6) is 0 Å². The van der Waals surface area contributed by atoms with E-state index in [-0.39, 0.29) is 5.91 Å². The number of nitrogens with zero attached hydrogens (tertiary/aromatic N) is 4. The highest BCUT2D eigenvalue weighted by molar-refractivity contribution is 6.07. The number of benzene rings is 2. The Labute approximate surface area is 146 Å². The Morgan fingerprint density at radius 3 is 2.68 bits per heavy atom. The molecule has 126 valence electrons. The fraction of sp³-hybridized carbons (Fsp3) is 0.250. The molecule has 5 heteroatoms. The average Bonchev–Trinajstić information content (AvgIpc) is 3.24. The quantitative estimate of drug-likeness (QED) is 0.738. The molecule has 1 aliphatic rings. The van der Waals surface area contributed by atoms with E-state index < -0.39 is 0 Å². The van der Waals surface area contributed by atoms with Crippen LogP contribution in [0.25, 0.3) is 11.1 Å². The van der Waals surface area contributed by atoms with Gasteiger partial charge in [0.05, 0.1) is 5.69 Å². The molecule has 1 amide bonds. The molecule has 1 aromatic heterocycles. The molecule has 2 aromatic carbocycles. The van der Waals surface area contributed by atoms with Gasteiger partial charge in [0, 0.05) is 18.8 Å². The second-order valence-corrected chi connectivity index (χ2v) is 6.26. The Morgan fingerprint density at radius 2 is 1.92 bits per heavy atom. The lowest BCUT2D eigenvalue weighted by molar-refractivity contribution is 0.0978. The zero-order chi connectivity index (χ0) is 17.4. The number of aryl methyl sites for hydroxylation is 2. The van der Waals surface area contributed by atoms with Crippen LogP contribution in [0.2, 0.25) is 0 Å². The van der Waals surface area contributed by atoms with E-state index in [1.54, 1.807) is 4.68 Å². The number of hydrogen-bond acceptors (Lipinski definition) is 3. The van der Waals surface area contributed by atoms with Crippen molar-refractivity contribution in [3.05, 3.63) is 65.5 Å². The van der Waals surface area contributed by atoms with Crippen LogP contribution in [0.3, 0.4) is 0 Å². The summed E-state index contributed by atoms with van der Waals surface area (Å²) in [6, 6.07) is 16.6. The summed E-state index contributed by atoms with van der Waals surface area (Å²) in [6.07, 6.45) is 0.870. The van der Waals surface area contributed by atoms with E-state index in [1.165, 1.54) is 16.7 Å². The first-order valence-corrected chi connectivity index (χ1v) is 8.59. The summed E-state index contributed by atoms with van der Waals surface area (Å²) in [5.74, 6) is -0.0180. The third-order valence-corrected chi connectivity index (χ3v) is 4.73. The van der Waals surface area contributed by atoms with E-state index in [1.807, 2.05) is 36.9 Å². The Kier molecular flexibility index (Phi) is 3.84. The summed E-state index contributed by atoms with van der Waals surface area (Å²) in [5.41, 5.74) is 5.85. The topological polar surface area (TPSA) is 51.0 Å². The van der Waals surface area contributed by atoms with Crippen LogP contribution in [0, 0.1) is 6.92 Å². The van der Waals surface area contributed by atoms with E-state index in [0.29, 0.717) is 24.5 Å². The van der Waals surface area contributed by atoms with E-state index >= 15 is 0 Å². The summed E-state index contributed by atoms with van der Waals surface area (Å²) in [5, 5.41) is 8.11. The smallest absolute Gasteiger partial charge is 0.278 e. The molecule has 0 N–H and O–H groups in total. The molecule has 0 radical (unpaired) electrons. The van der Waals surface area contributed by atoms with Crippen LogP contribution >= 0.6 is 0 Å². The average molecular weight is 332 g/mol. The monoisotopic (exact) mass is 332 g/mol. The van der Waals surface area contributed by atoms with Gasteiger partial charge in [0.25, 0.3) is 5.91 Å². The van der Waals surface area contributed by atoms with E-state index in [4.69, 9.17) is 0 Å². The largest absolute Gasteiger partial charge is 0.306 e. The van der Waals surface area contributed by atoms with Crippen molar-refractivity contribution in [2.24, 2.45) is 0 Å². The first kappa shape index (κ1) is 15.6. The van der Waals surface area contributed by atoms with Crippen LogP contribution in [-0.4, -0.2) is 27.4 Å². The zero-order valence-corrected chi connectivity index (χ0v) is 14.4. The number of amides is 1. The predicted molar refractivity (Wildman–Crippen MR) is 97.7 cm³/mol. The summed E-state index contributed by atoms with van der Waals surface area (Å²) < 4.78 is 1.67. The van der Waals surface area contributed by atoms with Gasteiger partial charge < -0.3 is 4.90 Å². The highest BCUT2D eigenvalue weighted by atomic mass is 16.2. The minimum Gasteiger partial charge on any atom is -0.306 e. The van der Waals surface area contributed by atoms with Crippen molar-refractivity contribution in [3.63, 3.8) is 0 Å². The number of fused-ring (bicyclic) bond motifs is 1. The van der Waals surface area contributed by atoms with Gasteiger partial charge in [-0.15, -0.1) is 5.10 Å². The van der Waals surface area contributed by atoms with Gasteiger partial charge in [-0.05, 0) is 49.1 Å². The highest BCUT2D eigenvalue weighted by Crippen LogP contribution is 2.33. The van der Waals surface area contributed by atoms with Gasteiger partial charge in [0.2, 0.25) is 0 Å². The molecule has 5 nitrogen and oxygen atoms in total. The normalized spacial score (nSPS) is 13.1. The van der Waals surface area contributed by atoms with Gasteiger partial charge in [-0.1, -0.05) is 41.6 Å². The molecule has 0 atom stereocenters. The van der Waals surface area contributed by atoms with Crippen LogP contribution < -0.4 is 4.90 Å². The summed E-state index contributed by atoms with van der Waals surface area (Å²) in [4.78, 5) is 14.9. The standard InChI is InChI=1S/C20H20N4O/c1-3-24-19(14(2)21-22-24)20(25)23-12-11-17-13-16(9-10-18(17)23)15-7-5-4-6-8-15/h4-10,13H,3,11-12H2,1-2H3. The molecular formula is C20H20N4O. The van der Waals surface area contributed by atoms with Crippen LogP contribution in [0.4, 0.5) is 5.69 Å². The maximum absolute atomic E-state index is 13.1. The summed E-state index contributed by atoms with van der Waals surface area (Å²) in [6.45, 7) is 5.13. The highest BCUT2D eigenvalue weighted by Gasteiger charge is 2.29. The fourth-order valence-electron chi connectivity index (χ4n) is 3.44. The van der Waals surface area contributed by atoms with Crippen molar-refractivity contribution in [2.75, 3.05) is 11.4 Å². The fourth-order valence-corrected chi connectivity index (χ4v) is 3.44. The molecule has 0 unspecified atom stereocenters. The van der Waals surface area contributed by atoms with Crippen LogP contribution in [-0.2, 0) is 13.0 Å². The van der Waals surface area contributed by atoms with Gasteiger partial charge in [-0.3, -0.25) is 4.79 Å². The lowest BCUT2D eigenvalue weighted by Gasteiger charge is -2.18.